The van der Waals surface area contributed by atoms with Gasteiger partial charge < -0.3 is 4.90 Å². The molecule has 1 aliphatic carbocycles. The number of hydrogen-bond donors (Lipinski definition) is 0. The molecule has 0 N–H and O–H groups in total. The van der Waals surface area contributed by atoms with E-state index < -0.39 is 0 Å². The second-order valence-electron chi connectivity index (χ2n) is 4.55. The summed E-state index contributed by atoms with van der Waals surface area (Å²) in [7, 11) is 0. The molecule has 1 saturated carbocycles. The van der Waals surface area contributed by atoms with Gasteiger partial charge in [0.2, 0.25) is 5.13 Å². The monoisotopic (exact) mass is 287 g/mol. The maximum Gasteiger partial charge on any atom is 0.209 e. The molecule has 1 saturated heterocycles. The van der Waals surface area contributed by atoms with E-state index >= 15 is 0 Å². The van der Waals surface area contributed by atoms with Crippen LogP contribution in [0.2, 0.25) is 0 Å². The predicted molar refractivity (Wildman–Crippen MR) is 65.3 cm³/mol. The smallest absolute Gasteiger partial charge is 0.209 e. The first-order valence-electron chi connectivity index (χ1n) is 5.57. The predicted octanol–water partition coefficient (Wildman–Crippen LogP) is 2.93. The summed E-state index contributed by atoms with van der Waals surface area (Å²) in [6, 6.07) is 0. The third-order valence-corrected chi connectivity index (χ3v) is 5.05. The number of anilines is 1. The Morgan fingerprint density at radius 3 is 2.33 bits per heavy atom. The number of hydrogen-bond acceptors (Lipinski definition) is 4. The molecule has 2 heterocycles. The molecule has 0 aromatic carbocycles. The SMILES string of the molecule is Brc1nnc(N2CC3CCCCC3C2)s1. The lowest BCUT2D eigenvalue weighted by Gasteiger charge is -2.22. The molecule has 3 nitrogen and oxygen atoms in total. The van der Waals surface area contributed by atoms with Gasteiger partial charge in [0.1, 0.15) is 0 Å². The molecule has 0 spiro atoms. The molecule has 0 amide bonds. The molecule has 82 valence electrons. The van der Waals surface area contributed by atoms with Crippen molar-refractivity contribution >= 4 is 32.4 Å². The zero-order valence-corrected chi connectivity index (χ0v) is 10.9. The largest absolute Gasteiger partial charge is 0.346 e. The van der Waals surface area contributed by atoms with Gasteiger partial charge in [0.05, 0.1) is 0 Å². The van der Waals surface area contributed by atoms with Crippen LogP contribution in [-0.2, 0) is 0 Å². The molecule has 2 unspecified atom stereocenters. The van der Waals surface area contributed by atoms with Crippen molar-refractivity contribution in [1.82, 2.24) is 10.2 Å². The lowest BCUT2D eigenvalue weighted by atomic mass is 9.82. The first kappa shape index (κ1) is 10.0. The number of nitrogens with zero attached hydrogens (tertiary/aromatic N) is 3. The molecule has 1 aromatic heterocycles. The summed E-state index contributed by atoms with van der Waals surface area (Å²) in [5.74, 6) is 1.84. The van der Waals surface area contributed by atoms with E-state index in [1.165, 1.54) is 38.8 Å². The lowest BCUT2D eigenvalue weighted by Crippen LogP contribution is -2.19. The molecular formula is C10H14BrN3S. The Balaban J connectivity index is 1.74. The fourth-order valence-corrected chi connectivity index (χ4v) is 3.99. The van der Waals surface area contributed by atoms with E-state index in [1.807, 2.05) is 0 Å². The third kappa shape index (κ3) is 1.91. The third-order valence-electron chi connectivity index (χ3n) is 3.64. The molecule has 2 aliphatic rings. The van der Waals surface area contributed by atoms with E-state index in [0.717, 1.165) is 20.9 Å². The van der Waals surface area contributed by atoms with Gasteiger partial charge in [0.25, 0.3) is 0 Å². The van der Waals surface area contributed by atoms with Crippen LogP contribution in [-0.4, -0.2) is 23.3 Å². The molecule has 2 atom stereocenters. The standard InChI is InChI=1S/C10H14BrN3S/c11-9-12-13-10(15-9)14-5-7-3-1-2-4-8(7)6-14/h7-8H,1-6H2. The average Bonchev–Trinajstić information content (AvgIpc) is 2.82. The maximum atomic E-state index is 4.20. The van der Waals surface area contributed by atoms with E-state index in [-0.39, 0.29) is 0 Å². The highest BCUT2D eigenvalue weighted by molar-refractivity contribution is 9.11. The van der Waals surface area contributed by atoms with Gasteiger partial charge in [-0.1, -0.05) is 24.2 Å². The van der Waals surface area contributed by atoms with Crippen molar-refractivity contribution in [2.24, 2.45) is 11.8 Å². The summed E-state index contributed by atoms with van der Waals surface area (Å²) < 4.78 is 0.896. The molecule has 15 heavy (non-hydrogen) atoms. The first-order valence-corrected chi connectivity index (χ1v) is 7.18. The number of rotatable bonds is 1. The summed E-state index contributed by atoms with van der Waals surface area (Å²) in [4.78, 5) is 2.42. The van der Waals surface area contributed by atoms with Crippen molar-refractivity contribution in [2.75, 3.05) is 18.0 Å². The molecule has 0 bridgehead atoms. The Kier molecular flexibility index (Phi) is 2.68. The zero-order valence-electron chi connectivity index (χ0n) is 8.53. The number of halogens is 1. The Bertz CT molecular complexity index is 340. The van der Waals surface area contributed by atoms with Gasteiger partial charge in [0.15, 0.2) is 3.92 Å². The van der Waals surface area contributed by atoms with Crippen LogP contribution in [0.5, 0.6) is 0 Å². The zero-order chi connectivity index (χ0) is 10.3. The van der Waals surface area contributed by atoms with E-state index in [9.17, 15) is 0 Å². The van der Waals surface area contributed by atoms with E-state index in [0.29, 0.717) is 0 Å². The highest BCUT2D eigenvalue weighted by Gasteiger charge is 2.35. The molecule has 1 aromatic rings. The van der Waals surface area contributed by atoms with Crippen molar-refractivity contribution in [3.8, 4) is 0 Å². The van der Waals surface area contributed by atoms with Crippen LogP contribution in [0.3, 0.4) is 0 Å². The molecule has 3 rings (SSSR count). The van der Waals surface area contributed by atoms with Gasteiger partial charge in [-0.3, -0.25) is 0 Å². The highest BCUT2D eigenvalue weighted by Crippen LogP contribution is 2.39. The summed E-state index contributed by atoms with van der Waals surface area (Å²) in [5, 5.41) is 9.32. The normalized spacial score (nSPS) is 30.6. The second-order valence-corrected chi connectivity index (χ2v) is 6.78. The van der Waals surface area contributed by atoms with Crippen LogP contribution in [0.1, 0.15) is 25.7 Å². The molecule has 2 fully saturated rings. The molecule has 5 heteroatoms. The summed E-state index contributed by atoms with van der Waals surface area (Å²) in [6.07, 6.45) is 5.69. The van der Waals surface area contributed by atoms with E-state index in [1.54, 1.807) is 11.3 Å². The highest BCUT2D eigenvalue weighted by atomic mass is 79.9. The van der Waals surface area contributed by atoms with Crippen LogP contribution in [0.4, 0.5) is 5.13 Å². The molecule has 0 radical (unpaired) electrons. The Hall–Kier alpha value is -0.160. The van der Waals surface area contributed by atoms with Crippen molar-refractivity contribution in [2.45, 2.75) is 25.7 Å². The summed E-state index contributed by atoms with van der Waals surface area (Å²) in [6.45, 7) is 2.40. The Morgan fingerprint density at radius 1 is 1.13 bits per heavy atom. The quantitative estimate of drug-likeness (QED) is 0.795. The number of fused-ring (bicyclic) bond motifs is 1. The van der Waals surface area contributed by atoms with E-state index in [2.05, 4.69) is 31.0 Å². The molecule has 1 aliphatic heterocycles. The van der Waals surface area contributed by atoms with Gasteiger partial charge >= 0.3 is 0 Å². The van der Waals surface area contributed by atoms with E-state index in [4.69, 9.17) is 0 Å². The Labute approximate surface area is 102 Å². The van der Waals surface area contributed by atoms with Crippen LogP contribution in [0.25, 0.3) is 0 Å². The van der Waals surface area contributed by atoms with Crippen molar-refractivity contribution in [3.05, 3.63) is 3.92 Å². The fraction of sp³-hybridized carbons (Fsp3) is 0.800. The van der Waals surface area contributed by atoms with Gasteiger partial charge in [0, 0.05) is 13.1 Å². The minimum Gasteiger partial charge on any atom is -0.346 e. The molecular weight excluding hydrogens is 274 g/mol. The minimum absolute atomic E-state index is 0.896. The minimum atomic E-state index is 0.896. The second kappa shape index (κ2) is 4.01. The van der Waals surface area contributed by atoms with Crippen LogP contribution in [0, 0.1) is 11.8 Å². The van der Waals surface area contributed by atoms with Crippen molar-refractivity contribution in [1.29, 1.82) is 0 Å². The van der Waals surface area contributed by atoms with Gasteiger partial charge in [-0.25, -0.2) is 0 Å². The van der Waals surface area contributed by atoms with Crippen LogP contribution in [0.15, 0.2) is 3.92 Å². The average molecular weight is 288 g/mol. The summed E-state index contributed by atoms with van der Waals surface area (Å²) in [5.41, 5.74) is 0. The fourth-order valence-electron chi connectivity index (χ4n) is 2.89. The van der Waals surface area contributed by atoms with Crippen LogP contribution >= 0.6 is 27.3 Å². The van der Waals surface area contributed by atoms with Gasteiger partial charge in [-0.2, -0.15) is 0 Å². The van der Waals surface area contributed by atoms with Crippen molar-refractivity contribution < 1.29 is 0 Å². The van der Waals surface area contributed by atoms with Gasteiger partial charge in [-0.15, -0.1) is 10.2 Å². The lowest BCUT2D eigenvalue weighted by molar-refractivity contribution is 0.299. The topological polar surface area (TPSA) is 29.0 Å². The van der Waals surface area contributed by atoms with Crippen molar-refractivity contribution in [3.63, 3.8) is 0 Å². The van der Waals surface area contributed by atoms with Gasteiger partial charge in [-0.05, 0) is 40.6 Å². The van der Waals surface area contributed by atoms with Crippen LogP contribution < -0.4 is 4.90 Å². The maximum absolute atomic E-state index is 4.20. The first-order chi connectivity index (χ1) is 7.33. The Morgan fingerprint density at radius 2 is 1.80 bits per heavy atom. The summed E-state index contributed by atoms with van der Waals surface area (Å²) >= 11 is 5.03. The number of aromatic nitrogens is 2.